The smallest absolute Gasteiger partial charge is 0.322 e. The lowest BCUT2D eigenvalue weighted by Gasteiger charge is -2.42. The van der Waals surface area contributed by atoms with Gasteiger partial charge in [0.2, 0.25) is 0 Å². The van der Waals surface area contributed by atoms with E-state index in [1.54, 1.807) is 11.9 Å². The Morgan fingerprint density at radius 2 is 1.81 bits per heavy atom. The average molecular weight is 284 g/mol. The summed E-state index contributed by atoms with van der Waals surface area (Å²) in [5.41, 5.74) is 2.49. The fourth-order valence-electron chi connectivity index (χ4n) is 3.24. The zero-order valence-electron chi connectivity index (χ0n) is 12.6. The van der Waals surface area contributed by atoms with E-state index in [4.69, 9.17) is 0 Å². The van der Waals surface area contributed by atoms with Crippen molar-refractivity contribution in [3.63, 3.8) is 0 Å². The zero-order chi connectivity index (χ0) is 15.2. The number of ketones is 1. The van der Waals surface area contributed by atoms with Gasteiger partial charge in [0.05, 0.1) is 6.04 Å². The molecule has 1 aliphatic heterocycles. The first kappa shape index (κ1) is 13.9. The molecule has 1 aromatic carbocycles. The van der Waals surface area contributed by atoms with Crippen molar-refractivity contribution in [3.05, 3.63) is 47.2 Å². The van der Waals surface area contributed by atoms with Crippen molar-refractivity contribution in [1.82, 2.24) is 10.2 Å². The highest BCUT2D eigenvalue weighted by Crippen LogP contribution is 2.43. The van der Waals surface area contributed by atoms with Crippen molar-refractivity contribution < 1.29 is 9.59 Å². The summed E-state index contributed by atoms with van der Waals surface area (Å²) in [6.07, 6.45) is 1.28. The summed E-state index contributed by atoms with van der Waals surface area (Å²) in [6, 6.07) is 9.22. The van der Waals surface area contributed by atoms with Crippen LogP contribution in [-0.4, -0.2) is 23.8 Å². The summed E-state index contributed by atoms with van der Waals surface area (Å²) >= 11 is 0. The van der Waals surface area contributed by atoms with E-state index in [1.807, 2.05) is 30.3 Å². The molecule has 4 heteroatoms. The van der Waals surface area contributed by atoms with E-state index in [0.717, 1.165) is 23.3 Å². The van der Waals surface area contributed by atoms with Crippen LogP contribution in [0.1, 0.15) is 38.3 Å². The van der Waals surface area contributed by atoms with Crippen LogP contribution in [-0.2, 0) is 4.79 Å². The van der Waals surface area contributed by atoms with E-state index in [2.05, 4.69) is 19.2 Å². The number of carbonyl (C=O) groups excluding carboxylic acids is 2. The molecule has 1 N–H and O–H groups in total. The molecule has 1 aliphatic carbocycles. The maximum absolute atomic E-state index is 12.6. The fraction of sp³-hybridized carbons (Fsp3) is 0.412. The van der Waals surface area contributed by atoms with Crippen molar-refractivity contribution in [1.29, 1.82) is 0 Å². The van der Waals surface area contributed by atoms with Gasteiger partial charge in [0.15, 0.2) is 5.78 Å². The summed E-state index contributed by atoms with van der Waals surface area (Å²) in [7, 11) is 1.74. The third kappa shape index (κ3) is 2.35. The van der Waals surface area contributed by atoms with Gasteiger partial charge in [0.25, 0.3) is 0 Å². The summed E-state index contributed by atoms with van der Waals surface area (Å²) in [4.78, 5) is 26.5. The van der Waals surface area contributed by atoms with E-state index in [0.29, 0.717) is 6.42 Å². The van der Waals surface area contributed by atoms with Crippen LogP contribution in [0.3, 0.4) is 0 Å². The number of urea groups is 1. The summed E-state index contributed by atoms with van der Waals surface area (Å²) in [6.45, 7) is 4.15. The van der Waals surface area contributed by atoms with Gasteiger partial charge in [-0.25, -0.2) is 4.79 Å². The third-order valence-corrected chi connectivity index (χ3v) is 4.30. The second kappa shape index (κ2) is 4.72. The topological polar surface area (TPSA) is 49.4 Å². The summed E-state index contributed by atoms with van der Waals surface area (Å²) in [5.74, 6) is 0.141. The second-order valence-corrected chi connectivity index (χ2v) is 6.65. The van der Waals surface area contributed by atoms with Crippen molar-refractivity contribution in [3.8, 4) is 0 Å². The number of allylic oxidation sites excluding steroid dienone is 1. The molecule has 3 rings (SSSR count). The number of amides is 2. The molecule has 21 heavy (non-hydrogen) atoms. The first-order valence-corrected chi connectivity index (χ1v) is 7.24. The highest BCUT2D eigenvalue weighted by atomic mass is 16.2. The molecule has 0 spiro atoms. The molecule has 1 heterocycles. The number of hydrogen-bond acceptors (Lipinski definition) is 2. The lowest BCUT2D eigenvalue weighted by molar-refractivity contribution is -0.118. The maximum atomic E-state index is 12.6. The first-order chi connectivity index (χ1) is 9.89. The molecule has 110 valence electrons. The van der Waals surface area contributed by atoms with Gasteiger partial charge in [-0.2, -0.15) is 0 Å². The van der Waals surface area contributed by atoms with Crippen LogP contribution >= 0.6 is 0 Å². The molecule has 4 nitrogen and oxygen atoms in total. The van der Waals surface area contributed by atoms with Crippen LogP contribution in [0, 0.1) is 5.41 Å². The quantitative estimate of drug-likeness (QED) is 0.861. The lowest BCUT2D eigenvalue weighted by atomic mass is 9.72. The van der Waals surface area contributed by atoms with Gasteiger partial charge in [0, 0.05) is 24.7 Å². The van der Waals surface area contributed by atoms with Gasteiger partial charge >= 0.3 is 6.03 Å². The van der Waals surface area contributed by atoms with Gasteiger partial charge in [-0.15, -0.1) is 0 Å². The minimum atomic E-state index is -0.325. The minimum absolute atomic E-state index is 0.0942. The van der Waals surface area contributed by atoms with Crippen LogP contribution in [0.4, 0.5) is 4.79 Å². The highest BCUT2D eigenvalue weighted by molar-refractivity contribution is 6.01. The Balaban J connectivity index is 2.13. The van der Waals surface area contributed by atoms with Gasteiger partial charge in [-0.1, -0.05) is 44.2 Å². The monoisotopic (exact) mass is 284 g/mol. The number of Topliss-reactive ketones (excluding diaryl/α,β-unsaturated/α-hetero) is 1. The van der Waals surface area contributed by atoms with E-state index in [1.165, 1.54) is 0 Å². The minimum Gasteiger partial charge on any atom is -0.327 e. The van der Waals surface area contributed by atoms with Crippen LogP contribution in [0.15, 0.2) is 41.6 Å². The Labute approximate surface area is 124 Å². The second-order valence-electron chi connectivity index (χ2n) is 6.65. The van der Waals surface area contributed by atoms with Crippen molar-refractivity contribution >= 4 is 11.8 Å². The van der Waals surface area contributed by atoms with Crippen LogP contribution in [0.5, 0.6) is 0 Å². The normalized spacial score (nSPS) is 24.7. The van der Waals surface area contributed by atoms with E-state index in [-0.39, 0.29) is 23.3 Å². The molecule has 0 fully saturated rings. The predicted octanol–water partition coefficient (Wildman–Crippen LogP) is 3.03. The van der Waals surface area contributed by atoms with E-state index < -0.39 is 0 Å². The molecule has 1 atom stereocenters. The number of nitrogens with zero attached hydrogens (tertiary/aromatic N) is 1. The molecule has 1 aromatic rings. The third-order valence-electron chi connectivity index (χ3n) is 4.30. The molecule has 0 unspecified atom stereocenters. The van der Waals surface area contributed by atoms with Crippen molar-refractivity contribution in [2.75, 3.05) is 7.05 Å². The predicted molar refractivity (Wildman–Crippen MR) is 80.5 cm³/mol. The lowest BCUT2D eigenvalue weighted by Crippen LogP contribution is -2.49. The Kier molecular flexibility index (Phi) is 3.12. The number of carbonyl (C=O) groups is 2. The number of rotatable bonds is 1. The largest absolute Gasteiger partial charge is 0.327 e. The van der Waals surface area contributed by atoms with Crippen LogP contribution < -0.4 is 5.32 Å². The van der Waals surface area contributed by atoms with Crippen molar-refractivity contribution in [2.45, 2.75) is 32.7 Å². The van der Waals surface area contributed by atoms with Crippen LogP contribution in [0.2, 0.25) is 0 Å². The fourth-order valence-corrected chi connectivity index (χ4v) is 3.24. The molecule has 0 radical (unpaired) electrons. The van der Waals surface area contributed by atoms with Gasteiger partial charge < -0.3 is 10.2 Å². The molecule has 2 aliphatic rings. The first-order valence-electron chi connectivity index (χ1n) is 7.24. The summed E-state index contributed by atoms with van der Waals surface area (Å²) < 4.78 is 0. The SMILES string of the molecule is CN1C(=O)N[C@H](c2ccccc2)C2=C1CC(C)(C)CC2=O. The molecule has 0 bridgehead atoms. The Bertz CT molecular complexity index is 631. The van der Waals surface area contributed by atoms with Gasteiger partial charge in [-0.3, -0.25) is 4.79 Å². The van der Waals surface area contributed by atoms with E-state index >= 15 is 0 Å². The zero-order valence-corrected chi connectivity index (χ0v) is 12.6. The molecular weight excluding hydrogens is 264 g/mol. The summed E-state index contributed by atoms with van der Waals surface area (Å²) in [5, 5.41) is 2.95. The number of nitrogens with one attached hydrogen (secondary N) is 1. The Morgan fingerprint density at radius 3 is 2.48 bits per heavy atom. The van der Waals surface area contributed by atoms with E-state index in [9.17, 15) is 9.59 Å². The molecule has 0 aromatic heterocycles. The molecule has 0 saturated carbocycles. The number of benzene rings is 1. The van der Waals surface area contributed by atoms with Gasteiger partial charge in [-0.05, 0) is 17.4 Å². The maximum Gasteiger partial charge on any atom is 0.322 e. The Morgan fingerprint density at radius 1 is 1.14 bits per heavy atom. The molecule has 0 saturated heterocycles. The molecule has 2 amide bonds. The van der Waals surface area contributed by atoms with Crippen LogP contribution in [0.25, 0.3) is 0 Å². The number of hydrogen-bond donors (Lipinski definition) is 1. The standard InChI is InChI=1S/C17H20N2O2/c1-17(2)9-12-14(13(20)10-17)15(18-16(21)19(12)3)11-7-5-4-6-8-11/h4-8,15H,9-10H2,1-3H3,(H,18,21)/t15-/m1/s1. The highest BCUT2D eigenvalue weighted by Gasteiger charge is 2.42. The average Bonchev–Trinajstić information content (AvgIpc) is 2.43. The van der Waals surface area contributed by atoms with Gasteiger partial charge in [0.1, 0.15) is 0 Å². The van der Waals surface area contributed by atoms with Crippen molar-refractivity contribution in [2.24, 2.45) is 5.41 Å². The Hall–Kier alpha value is -2.10. The molecular formula is C17H20N2O2.